The Balaban J connectivity index is 0.00000320. The number of piperidine rings is 1. The second-order valence-electron chi connectivity index (χ2n) is 7.83. The monoisotopic (exact) mass is 530 g/mol. The van der Waals surface area contributed by atoms with E-state index in [0.29, 0.717) is 18.5 Å². The quantitative estimate of drug-likeness (QED) is 0.261. The maximum atomic E-state index is 11.8. The van der Waals surface area contributed by atoms with Crippen molar-refractivity contribution in [3.8, 4) is 5.88 Å². The van der Waals surface area contributed by atoms with Crippen molar-refractivity contribution >= 4 is 35.9 Å². The van der Waals surface area contributed by atoms with Crippen LogP contribution in [-0.4, -0.2) is 54.7 Å². The van der Waals surface area contributed by atoms with E-state index in [1.807, 2.05) is 12.1 Å². The highest BCUT2D eigenvalue weighted by Gasteiger charge is 2.27. The number of aromatic nitrogens is 1. The average molecular weight is 530 g/mol. The summed E-state index contributed by atoms with van der Waals surface area (Å²) >= 11 is 0. The molecule has 1 aromatic heterocycles. The fourth-order valence-electron chi connectivity index (χ4n) is 4.05. The van der Waals surface area contributed by atoms with Crippen molar-refractivity contribution in [2.45, 2.75) is 64.5 Å². The molecule has 0 aromatic carbocycles. The summed E-state index contributed by atoms with van der Waals surface area (Å²) in [6.07, 6.45) is 9.73. The number of pyridine rings is 1. The highest BCUT2D eigenvalue weighted by molar-refractivity contribution is 14.0. The van der Waals surface area contributed by atoms with Crippen LogP contribution in [-0.2, 0) is 16.1 Å². The molecule has 168 valence electrons. The fraction of sp³-hybridized carbons (Fsp3) is 0.682. The van der Waals surface area contributed by atoms with Crippen LogP contribution < -0.4 is 10.1 Å². The van der Waals surface area contributed by atoms with Gasteiger partial charge in [-0.15, -0.1) is 24.0 Å². The lowest BCUT2D eigenvalue weighted by atomic mass is 9.97. The number of likely N-dealkylation sites (tertiary alicyclic amines) is 1. The van der Waals surface area contributed by atoms with Crippen molar-refractivity contribution in [2.75, 3.05) is 26.7 Å². The molecule has 1 N–H and O–H groups in total. The van der Waals surface area contributed by atoms with Gasteiger partial charge in [0.15, 0.2) is 5.96 Å². The number of hydrogen-bond donors (Lipinski definition) is 1. The first-order valence-electron chi connectivity index (χ1n) is 10.9. The number of esters is 1. The minimum Gasteiger partial charge on any atom is -0.474 e. The molecule has 2 heterocycles. The Morgan fingerprint density at radius 2 is 1.97 bits per heavy atom. The Morgan fingerprint density at radius 3 is 2.63 bits per heavy atom. The Bertz CT molecular complexity index is 687. The third kappa shape index (κ3) is 7.28. The molecule has 0 spiro atoms. The van der Waals surface area contributed by atoms with Gasteiger partial charge in [-0.2, -0.15) is 0 Å². The number of carbonyl (C=O) groups is 1. The largest absolute Gasteiger partial charge is 0.474 e. The molecule has 0 bridgehead atoms. The molecule has 30 heavy (non-hydrogen) atoms. The van der Waals surface area contributed by atoms with Gasteiger partial charge in [-0.3, -0.25) is 4.79 Å². The van der Waals surface area contributed by atoms with E-state index in [4.69, 9.17) is 14.5 Å². The second kappa shape index (κ2) is 13.0. The van der Waals surface area contributed by atoms with E-state index in [-0.39, 0.29) is 35.9 Å². The van der Waals surface area contributed by atoms with Crippen LogP contribution in [0.25, 0.3) is 0 Å². The predicted octanol–water partition coefficient (Wildman–Crippen LogP) is 3.76. The SMILES string of the molecule is CCNC(=NCc1ccnc(OC2CCCCC2)c1)N1CCC(C(=O)OC)CC1.I. The number of halogens is 1. The molecule has 1 aromatic rings. The van der Waals surface area contributed by atoms with Crippen LogP contribution in [0.4, 0.5) is 0 Å². The number of carbonyl (C=O) groups excluding carboxylic acids is 1. The van der Waals surface area contributed by atoms with Gasteiger partial charge in [-0.05, 0) is 57.1 Å². The number of nitrogens with zero attached hydrogens (tertiary/aromatic N) is 3. The molecule has 2 fully saturated rings. The number of ether oxygens (including phenoxy) is 2. The number of rotatable bonds is 6. The van der Waals surface area contributed by atoms with Crippen LogP contribution in [0.3, 0.4) is 0 Å². The lowest BCUT2D eigenvalue weighted by Crippen LogP contribution is -2.46. The first kappa shape index (κ1) is 24.7. The predicted molar refractivity (Wildman–Crippen MR) is 128 cm³/mol. The van der Waals surface area contributed by atoms with Crippen LogP contribution in [0.15, 0.2) is 23.3 Å². The third-order valence-electron chi connectivity index (χ3n) is 5.71. The molecule has 1 saturated carbocycles. The lowest BCUT2D eigenvalue weighted by Gasteiger charge is -2.33. The van der Waals surface area contributed by atoms with Crippen LogP contribution in [0.2, 0.25) is 0 Å². The summed E-state index contributed by atoms with van der Waals surface area (Å²) in [5.74, 6) is 1.49. The maximum Gasteiger partial charge on any atom is 0.308 e. The number of guanidine groups is 1. The van der Waals surface area contributed by atoms with Crippen LogP contribution >= 0.6 is 24.0 Å². The Hall–Kier alpha value is -1.58. The van der Waals surface area contributed by atoms with E-state index >= 15 is 0 Å². The summed E-state index contributed by atoms with van der Waals surface area (Å²) in [7, 11) is 1.46. The molecular weight excluding hydrogens is 495 g/mol. The second-order valence-corrected chi connectivity index (χ2v) is 7.83. The van der Waals surface area contributed by atoms with Gasteiger partial charge in [-0.25, -0.2) is 9.98 Å². The molecule has 8 heteroatoms. The minimum atomic E-state index is -0.103. The normalized spacial score (nSPS) is 18.5. The molecule has 1 aliphatic heterocycles. The van der Waals surface area contributed by atoms with Gasteiger partial charge in [0.25, 0.3) is 0 Å². The highest BCUT2D eigenvalue weighted by Crippen LogP contribution is 2.23. The van der Waals surface area contributed by atoms with Crippen molar-refractivity contribution in [3.05, 3.63) is 23.9 Å². The van der Waals surface area contributed by atoms with Gasteiger partial charge in [0.05, 0.1) is 19.6 Å². The van der Waals surface area contributed by atoms with Crippen molar-refractivity contribution in [3.63, 3.8) is 0 Å². The van der Waals surface area contributed by atoms with Gasteiger partial charge in [-0.1, -0.05) is 6.42 Å². The third-order valence-corrected chi connectivity index (χ3v) is 5.71. The first-order valence-corrected chi connectivity index (χ1v) is 10.9. The molecule has 2 aliphatic rings. The minimum absolute atomic E-state index is 0. The van der Waals surface area contributed by atoms with E-state index in [2.05, 4.69) is 22.1 Å². The van der Waals surface area contributed by atoms with Crippen molar-refractivity contribution < 1.29 is 14.3 Å². The highest BCUT2D eigenvalue weighted by atomic mass is 127. The smallest absolute Gasteiger partial charge is 0.308 e. The summed E-state index contributed by atoms with van der Waals surface area (Å²) in [6.45, 7) is 5.06. The van der Waals surface area contributed by atoms with Crippen molar-refractivity contribution in [2.24, 2.45) is 10.9 Å². The van der Waals surface area contributed by atoms with Gasteiger partial charge in [0.1, 0.15) is 6.10 Å². The molecule has 1 aliphatic carbocycles. The molecule has 0 amide bonds. The molecule has 0 radical (unpaired) electrons. The fourth-order valence-corrected chi connectivity index (χ4v) is 4.05. The molecule has 7 nitrogen and oxygen atoms in total. The van der Waals surface area contributed by atoms with E-state index in [9.17, 15) is 4.79 Å². The van der Waals surface area contributed by atoms with Crippen LogP contribution in [0.5, 0.6) is 5.88 Å². The zero-order chi connectivity index (χ0) is 20.5. The first-order chi connectivity index (χ1) is 14.2. The number of aliphatic imine (C=N–C) groups is 1. The molecule has 1 saturated heterocycles. The van der Waals surface area contributed by atoms with Gasteiger partial charge < -0.3 is 19.7 Å². The van der Waals surface area contributed by atoms with Crippen molar-refractivity contribution in [1.29, 1.82) is 0 Å². The summed E-state index contributed by atoms with van der Waals surface area (Å²) < 4.78 is 11.0. The lowest BCUT2D eigenvalue weighted by molar-refractivity contribution is -0.146. The Kier molecular flexibility index (Phi) is 10.7. The van der Waals surface area contributed by atoms with E-state index in [0.717, 1.165) is 56.8 Å². The topological polar surface area (TPSA) is 76.1 Å². The van der Waals surface area contributed by atoms with Crippen LogP contribution in [0, 0.1) is 5.92 Å². The molecule has 0 unspecified atom stereocenters. The number of methoxy groups -OCH3 is 1. The molecular formula is C22H35IN4O3. The summed E-state index contributed by atoms with van der Waals surface area (Å²) in [5.41, 5.74) is 1.09. The summed E-state index contributed by atoms with van der Waals surface area (Å²) in [6, 6.07) is 4.00. The summed E-state index contributed by atoms with van der Waals surface area (Å²) in [5, 5.41) is 3.37. The Labute approximate surface area is 197 Å². The number of hydrogen-bond acceptors (Lipinski definition) is 5. The molecule has 3 rings (SSSR count). The van der Waals surface area contributed by atoms with Gasteiger partial charge in [0.2, 0.25) is 5.88 Å². The van der Waals surface area contributed by atoms with Gasteiger partial charge >= 0.3 is 5.97 Å². The Morgan fingerprint density at radius 1 is 1.23 bits per heavy atom. The van der Waals surface area contributed by atoms with Gasteiger partial charge in [0, 0.05) is 31.9 Å². The maximum absolute atomic E-state index is 11.8. The summed E-state index contributed by atoms with van der Waals surface area (Å²) in [4.78, 5) is 23.2. The van der Waals surface area contributed by atoms with Crippen LogP contribution in [0.1, 0.15) is 57.4 Å². The zero-order valence-corrected chi connectivity index (χ0v) is 20.5. The van der Waals surface area contributed by atoms with E-state index in [1.165, 1.54) is 26.4 Å². The standard InChI is InChI=1S/C22H34N4O3.HI/c1-3-23-22(26-13-10-18(11-14-26)21(27)28-2)25-16-17-9-12-24-20(15-17)29-19-7-5-4-6-8-19;/h9,12,15,18-19H,3-8,10-11,13-14,16H2,1-2H3,(H,23,25);1H. The zero-order valence-electron chi connectivity index (χ0n) is 18.1. The van der Waals surface area contributed by atoms with Crippen molar-refractivity contribution in [1.82, 2.24) is 15.2 Å². The van der Waals surface area contributed by atoms with E-state index in [1.54, 1.807) is 6.20 Å². The van der Waals surface area contributed by atoms with E-state index < -0.39 is 0 Å². The molecule has 0 atom stereocenters. The number of nitrogens with one attached hydrogen (secondary N) is 1. The average Bonchev–Trinajstić information content (AvgIpc) is 2.77.